The number of imidazole rings is 1. The number of rotatable bonds is 5. The third-order valence-electron chi connectivity index (χ3n) is 5.24. The van der Waals surface area contributed by atoms with Gasteiger partial charge in [-0.2, -0.15) is 0 Å². The molecule has 2 N–H and O–H groups in total. The minimum absolute atomic E-state index is 0.0966. The fourth-order valence-electron chi connectivity index (χ4n) is 3.67. The molecule has 2 aromatic rings. The number of amides is 2. The Labute approximate surface area is 167 Å². The number of aromatic nitrogens is 2. The van der Waals surface area contributed by atoms with Crippen LogP contribution in [0.15, 0.2) is 24.5 Å². The molecule has 152 valence electrons. The molecule has 0 atom stereocenters. The summed E-state index contributed by atoms with van der Waals surface area (Å²) >= 11 is 0. The van der Waals surface area contributed by atoms with Crippen molar-refractivity contribution in [1.29, 1.82) is 0 Å². The van der Waals surface area contributed by atoms with Crippen molar-refractivity contribution in [2.24, 2.45) is 5.92 Å². The van der Waals surface area contributed by atoms with Crippen LogP contribution in [0.4, 0.5) is 5.69 Å². The van der Waals surface area contributed by atoms with Crippen molar-refractivity contribution in [1.82, 2.24) is 14.9 Å². The number of hydrogen-bond donors (Lipinski definition) is 2. The Morgan fingerprint density at radius 3 is 2.59 bits per heavy atom. The number of Topliss-reactive ketones (excluding diaryl/α,β-unsaturated/α-hetero) is 1. The molecule has 4 rings (SSSR count). The van der Waals surface area contributed by atoms with Gasteiger partial charge in [-0.3, -0.25) is 14.4 Å². The normalized spacial score (nSPS) is 16.0. The maximum Gasteiger partial charge on any atom is 0.289 e. The summed E-state index contributed by atoms with van der Waals surface area (Å²) in [6.07, 6.45) is 4.97. The molecule has 0 spiro atoms. The van der Waals surface area contributed by atoms with Crippen LogP contribution in [-0.2, 0) is 4.79 Å². The Hall–Kier alpha value is -3.36. The largest absolute Gasteiger partial charge is 0.454 e. The van der Waals surface area contributed by atoms with E-state index < -0.39 is 0 Å². The molecule has 9 heteroatoms. The van der Waals surface area contributed by atoms with Crippen molar-refractivity contribution >= 4 is 23.3 Å². The van der Waals surface area contributed by atoms with E-state index in [1.54, 1.807) is 29.4 Å². The summed E-state index contributed by atoms with van der Waals surface area (Å²) in [5, 5.41) is 2.83. The number of benzene rings is 1. The second-order valence-electron chi connectivity index (χ2n) is 7.23. The number of piperidine rings is 1. The molecule has 0 saturated carbocycles. The zero-order valence-electron chi connectivity index (χ0n) is 16.1. The van der Waals surface area contributed by atoms with Gasteiger partial charge in [0.05, 0.1) is 5.69 Å². The number of nitrogens with one attached hydrogen (secondary N) is 2. The first-order valence-electron chi connectivity index (χ1n) is 9.54. The third kappa shape index (κ3) is 4.08. The Kier molecular flexibility index (Phi) is 5.20. The molecule has 1 fully saturated rings. The van der Waals surface area contributed by atoms with Crippen LogP contribution in [0.25, 0.3) is 0 Å². The lowest BCUT2D eigenvalue weighted by Crippen LogP contribution is -2.39. The van der Waals surface area contributed by atoms with E-state index in [9.17, 15) is 14.4 Å². The van der Waals surface area contributed by atoms with E-state index in [-0.39, 0.29) is 30.3 Å². The van der Waals surface area contributed by atoms with Gasteiger partial charge in [0.25, 0.3) is 5.91 Å². The highest BCUT2D eigenvalue weighted by atomic mass is 16.7. The van der Waals surface area contributed by atoms with E-state index >= 15 is 0 Å². The topological polar surface area (TPSA) is 114 Å². The molecular formula is C20H22N4O5. The van der Waals surface area contributed by atoms with Gasteiger partial charge in [-0.25, -0.2) is 4.98 Å². The van der Waals surface area contributed by atoms with Crippen LogP contribution < -0.4 is 14.8 Å². The van der Waals surface area contributed by atoms with Gasteiger partial charge in [0.1, 0.15) is 0 Å². The number of nitrogens with zero attached hydrogens (tertiary/aromatic N) is 2. The molecule has 3 heterocycles. The predicted octanol–water partition coefficient (Wildman–Crippen LogP) is 2.22. The number of ether oxygens (including phenoxy) is 2. The lowest BCUT2D eigenvalue weighted by Gasteiger charge is -2.31. The molecule has 0 aliphatic carbocycles. The molecule has 1 saturated heterocycles. The summed E-state index contributed by atoms with van der Waals surface area (Å²) in [7, 11) is 0. The lowest BCUT2D eigenvalue weighted by atomic mass is 9.93. The predicted molar refractivity (Wildman–Crippen MR) is 103 cm³/mol. The monoisotopic (exact) mass is 398 g/mol. The fourth-order valence-corrected chi connectivity index (χ4v) is 3.67. The highest BCUT2D eigenvalue weighted by Gasteiger charge is 2.27. The van der Waals surface area contributed by atoms with Crippen LogP contribution in [0, 0.1) is 5.92 Å². The van der Waals surface area contributed by atoms with Crippen LogP contribution in [-0.4, -0.2) is 52.3 Å². The zero-order chi connectivity index (χ0) is 20.4. The second kappa shape index (κ2) is 7.94. The number of fused-ring (bicyclic) bond motifs is 1. The smallest absolute Gasteiger partial charge is 0.289 e. The highest BCUT2D eigenvalue weighted by molar-refractivity contribution is 6.04. The van der Waals surface area contributed by atoms with Gasteiger partial charge in [0, 0.05) is 43.5 Å². The minimum atomic E-state index is -0.165. The summed E-state index contributed by atoms with van der Waals surface area (Å²) in [6.45, 7) is 2.71. The Balaban J connectivity index is 1.34. The molecule has 2 amide bonds. The number of likely N-dealkylation sites (tertiary alicyclic amines) is 1. The van der Waals surface area contributed by atoms with Crippen LogP contribution in [0.3, 0.4) is 0 Å². The first-order chi connectivity index (χ1) is 14.0. The summed E-state index contributed by atoms with van der Waals surface area (Å²) in [6, 6.07) is 3.22. The van der Waals surface area contributed by atoms with Crippen molar-refractivity contribution in [3.63, 3.8) is 0 Å². The van der Waals surface area contributed by atoms with Gasteiger partial charge in [0.15, 0.2) is 23.1 Å². The van der Waals surface area contributed by atoms with E-state index in [0.29, 0.717) is 48.1 Å². The molecule has 9 nitrogen and oxygen atoms in total. The number of anilines is 1. The molecule has 1 aromatic carbocycles. The number of carbonyl (C=O) groups excluding carboxylic acids is 3. The molecule has 0 unspecified atom stereocenters. The summed E-state index contributed by atoms with van der Waals surface area (Å²) in [5.41, 5.74) is 0.818. The van der Waals surface area contributed by atoms with Gasteiger partial charge in [-0.1, -0.05) is 0 Å². The maximum atomic E-state index is 12.6. The standard InChI is InChI=1S/C20H22N4O5/c1-12(25)14-9-16-17(29-11-28-16)10-15(14)23-18(26)8-13-2-6-24(7-3-13)20(27)19-21-4-5-22-19/h4-5,9-10,13H,2-3,6-8,11H2,1H3,(H,21,22)(H,23,26). The Morgan fingerprint density at radius 1 is 1.21 bits per heavy atom. The van der Waals surface area contributed by atoms with Crippen molar-refractivity contribution in [2.75, 3.05) is 25.2 Å². The van der Waals surface area contributed by atoms with E-state index in [2.05, 4.69) is 15.3 Å². The molecule has 1 aromatic heterocycles. The van der Waals surface area contributed by atoms with Crippen LogP contribution in [0.1, 0.15) is 47.2 Å². The van der Waals surface area contributed by atoms with Gasteiger partial charge < -0.3 is 24.7 Å². The van der Waals surface area contributed by atoms with Crippen molar-refractivity contribution in [2.45, 2.75) is 26.2 Å². The van der Waals surface area contributed by atoms with E-state index in [1.807, 2.05) is 0 Å². The summed E-state index contributed by atoms with van der Waals surface area (Å²) < 4.78 is 10.6. The average Bonchev–Trinajstić information content (AvgIpc) is 3.39. The number of carbonyl (C=O) groups is 3. The van der Waals surface area contributed by atoms with Gasteiger partial charge in [-0.05, 0) is 31.7 Å². The molecular weight excluding hydrogens is 376 g/mol. The first-order valence-corrected chi connectivity index (χ1v) is 9.54. The van der Waals surface area contributed by atoms with E-state index in [0.717, 1.165) is 12.8 Å². The molecule has 29 heavy (non-hydrogen) atoms. The van der Waals surface area contributed by atoms with E-state index in [4.69, 9.17) is 9.47 Å². The second-order valence-corrected chi connectivity index (χ2v) is 7.23. The van der Waals surface area contributed by atoms with Gasteiger partial charge >= 0.3 is 0 Å². The highest BCUT2D eigenvalue weighted by Crippen LogP contribution is 2.37. The van der Waals surface area contributed by atoms with Crippen LogP contribution in [0.2, 0.25) is 0 Å². The first kappa shape index (κ1) is 19.0. The third-order valence-corrected chi connectivity index (χ3v) is 5.24. The molecule has 2 aliphatic heterocycles. The molecule has 0 radical (unpaired) electrons. The maximum absolute atomic E-state index is 12.6. The summed E-state index contributed by atoms with van der Waals surface area (Å²) in [5.74, 6) is 1.07. The molecule has 0 bridgehead atoms. The summed E-state index contributed by atoms with van der Waals surface area (Å²) in [4.78, 5) is 45.4. The molecule has 2 aliphatic rings. The van der Waals surface area contributed by atoms with Crippen LogP contribution >= 0.6 is 0 Å². The Bertz CT molecular complexity index is 933. The van der Waals surface area contributed by atoms with Gasteiger partial charge in [0.2, 0.25) is 12.7 Å². The Morgan fingerprint density at radius 2 is 1.93 bits per heavy atom. The van der Waals surface area contributed by atoms with Crippen molar-refractivity contribution in [3.05, 3.63) is 35.9 Å². The number of aromatic amines is 1. The SMILES string of the molecule is CC(=O)c1cc2c(cc1NC(=O)CC1CCN(C(=O)c3ncc[nH]3)CC1)OCO2. The lowest BCUT2D eigenvalue weighted by molar-refractivity contribution is -0.117. The van der Waals surface area contributed by atoms with Crippen molar-refractivity contribution in [3.8, 4) is 11.5 Å². The quantitative estimate of drug-likeness (QED) is 0.747. The van der Waals surface area contributed by atoms with Gasteiger partial charge in [-0.15, -0.1) is 0 Å². The number of H-pyrrole nitrogens is 1. The van der Waals surface area contributed by atoms with E-state index in [1.165, 1.54) is 6.92 Å². The minimum Gasteiger partial charge on any atom is -0.454 e. The van der Waals surface area contributed by atoms with Crippen LogP contribution in [0.5, 0.6) is 11.5 Å². The zero-order valence-corrected chi connectivity index (χ0v) is 16.1. The average molecular weight is 398 g/mol. The fraction of sp³-hybridized carbons (Fsp3) is 0.400. The number of hydrogen-bond acceptors (Lipinski definition) is 6. The number of ketones is 1. The van der Waals surface area contributed by atoms with Crippen molar-refractivity contribution < 1.29 is 23.9 Å².